The highest BCUT2D eigenvalue weighted by Gasteiger charge is 2.37. The molecule has 1 aliphatic heterocycles. The van der Waals surface area contributed by atoms with Crippen molar-refractivity contribution in [2.45, 2.75) is 43.6 Å². The summed E-state index contributed by atoms with van der Waals surface area (Å²) in [6.07, 6.45) is 1.93. The lowest BCUT2D eigenvalue weighted by Gasteiger charge is -2.21. The molecule has 14 heteroatoms. The average Bonchev–Trinajstić information content (AvgIpc) is 3.70. The molecule has 1 fully saturated rings. The van der Waals surface area contributed by atoms with E-state index in [2.05, 4.69) is 40.9 Å². The molecule has 0 saturated carbocycles. The van der Waals surface area contributed by atoms with E-state index >= 15 is 0 Å². The van der Waals surface area contributed by atoms with Crippen molar-refractivity contribution in [1.29, 1.82) is 0 Å². The summed E-state index contributed by atoms with van der Waals surface area (Å²) >= 11 is 2.49. The van der Waals surface area contributed by atoms with E-state index in [1.807, 2.05) is 47.4 Å². The SMILES string of the molecule is C=C1NC(=O)C(Cc2nnc(C(c3nc4ccc(-c5ccc(C(=O)N(CCC)CCC)cc5)cc4s3)S(=O)(=O)CCN)o2)S1. The highest BCUT2D eigenvalue weighted by Crippen LogP contribution is 2.37. The topological polar surface area (TPSA) is 161 Å². The number of nitrogens with two attached hydrogens (primary N) is 1. The summed E-state index contributed by atoms with van der Waals surface area (Å²) in [5, 5.41) is 9.76. The molecule has 3 N–H and O–H groups in total. The van der Waals surface area contributed by atoms with E-state index in [9.17, 15) is 18.0 Å². The Hall–Kier alpha value is -3.59. The van der Waals surface area contributed by atoms with Crippen molar-refractivity contribution in [1.82, 2.24) is 25.4 Å². The Balaban J connectivity index is 1.42. The van der Waals surface area contributed by atoms with Crippen LogP contribution in [0.5, 0.6) is 0 Å². The van der Waals surface area contributed by atoms with Crippen LogP contribution < -0.4 is 11.1 Å². The minimum atomic E-state index is -3.86. The van der Waals surface area contributed by atoms with Gasteiger partial charge in [0.05, 0.1) is 26.2 Å². The number of hydrogen-bond donors (Lipinski definition) is 2. The first-order valence-corrected chi connectivity index (χ1v) is 17.7. The molecule has 5 rings (SSSR count). The van der Waals surface area contributed by atoms with E-state index in [0.717, 1.165) is 41.8 Å². The molecule has 2 atom stereocenters. The molecule has 232 valence electrons. The predicted molar refractivity (Wildman–Crippen MR) is 173 cm³/mol. The van der Waals surface area contributed by atoms with Gasteiger partial charge in [-0.1, -0.05) is 50.4 Å². The molecule has 11 nitrogen and oxygen atoms in total. The molecule has 0 spiro atoms. The maximum atomic E-state index is 13.4. The van der Waals surface area contributed by atoms with Gasteiger partial charge in [0.1, 0.15) is 5.01 Å². The molecule has 44 heavy (non-hydrogen) atoms. The van der Waals surface area contributed by atoms with Crippen LogP contribution in [-0.2, 0) is 21.1 Å². The van der Waals surface area contributed by atoms with Crippen molar-refractivity contribution in [2.24, 2.45) is 5.73 Å². The van der Waals surface area contributed by atoms with Crippen LogP contribution in [0, 0.1) is 0 Å². The second-order valence-electron chi connectivity index (χ2n) is 10.4. The molecule has 3 heterocycles. The van der Waals surface area contributed by atoms with Crippen LogP contribution in [0.15, 0.2) is 58.5 Å². The predicted octanol–water partition coefficient (Wildman–Crippen LogP) is 4.32. The number of rotatable bonds is 13. The van der Waals surface area contributed by atoms with Gasteiger partial charge in [-0.05, 0) is 48.2 Å². The van der Waals surface area contributed by atoms with Crippen LogP contribution >= 0.6 is 23.1 Å². The van der Waals surface area contributed by atoms with E-state index in [-0.39, 0.29) is 47.3 Å². The molecular weight excluding hydrogens is 621 g/mol. The number of amides is 2. The van der Waals surface area contributed by atoms with Crippen molar-refractivity contribution in [2.75, 3.05) is 25.4 Å². The van der Waals surface area contributed by atoms with Crippen LogP contribution in [-0.4, -0.2) is 71.0 Å². The summed E-state index contributed by atoms with van der Waals surface area (Å²) in [6, 6.07) is 13.2. The quantitative estimate of drug-likeness (QED) is 0.212. The average molecular weight is 655 g/mol. The van der Waals surface area contributed by atoms with E-state index in [4.69, 9.17) is 10.2 Å². The van der Waals surface area contributed by atoms with Gasteiger partial charge in [-0.2, -0.15) is 0 Å². The van der Waals surface area contributed by atoms with Gasteiger partial charge in [0.15, 0.2) is 15.1 Å². The Morgan fingerprint density at radius 3 is 2.45 bits per heavy atom. The number of nitrogens with zero attached hydrogens (tertiary/aromatic N) is 4. The number of nitrogens with one attached hydrogen (secondary N) is 1. The molecule has 0 aliphatic carbocycles. The summed E-state index contributed by atoms with van der Waals surface area (Å²) in [7, 11) is -3.86. The number of sulfone groups is 1. The second kappa shape index (κ2) is 13.6. The largest absolute Gasteiger partial charge is 0.423 e. The van der Waals surface area contributed by atoms with E-state index in [1.165, 1.54) is 23.1 Å². The number of carbonyl (C=O) groups excluding carboxylic acids is 2. The van der Waals surface area contributed by atoms with Gasteiger partial charge in [0, 0.05) is 31.6 Å². The Bertz CT molecular complexity index is 1780. The van der Waals surface area contributed by atoms with Crippen molar-refractivity contribution in [3.05, 3.63) is 76.4 Å². The first-order chi connectivity index (χ1) is 21.1. The molecule has 1 saturated heterocycles. The second-order valence-corrected chi connectivity index (χ2v) is 15.0. The minimum absolute atomic E-state index is 0.0208. The number of hydrogen-bond acceptors (Lipinski definition) is 11. The van der Waals surface area contributed by atoms with Crippen LogP contribution in [0.2, 0.25) is 0 Å². The Morgan fingerprint density at radius 1 is 1.11 bits per heavy atom. The third-order valence-corrected chi connectivity index (χ3v) is 11.3. The Kier molecular flexibility index (Phi) is 9.83. The van der Waals surface area contributed by atoms with Gasteiger partial charge in [0.2, 0.25) is 17.7 Å². The van der Waals surface area contributed by atoms with Gasteiger partial charge < -0.3 is 20.4 Å². The molecule has 1 aliphatic rings. The van der Waals surface area contributed by atoms with Crippen molar-refractivity contribution in [3.8, 4) is 11.1 Å². The van der Waals surface area contributed by atoms with Gasteiger partial charge in [-0.15, -0.1) is 21.5 Å². The zero-order valence-corrected chi connectivity index (χ0v) is 26.9. The molecule has 0 bridgehead atoms. The number of fused-ring (bicyclic) bond motifs is 1. The van der Waals surface area contributed by atoms with E-state index in [1.54, 1.807) is 0 Å². The molecular formula is C30H34N6O5S3. The normalized spacial score (nSPS) is 15.9. The molecule has 2 aromatic carbocycles. The zero-order valence-electron chi connectivity index (χ0n) is 24.5. The lowest BCUT2D eigenvalue weighted by atomic mass is 10.0. The summed E-state index contributed by atoms with van der Waals surface area (Å²) in [5.41, 5.74) is 8.73. The van der Waals surface area contributed by atoms with Crippen LogP contribution in [0.4, 0.5) is 0 Å². The number of benzene rings is 2. The van der Waals surface area contributed by atoms with E-state index in [0.29, 0.717) is 16.1 Å². The van der Waals surface area contributed by atoms with Crippen molar-refractivity contribution >= 4 is 55.0 Å². The van der Waals surface area contributed by atoms with Crippen LogP contribution in [0.1, 0.15) is 59.1 Å². The van der Waals surface area contributed by atoms with Gasteiger partial charge in [-0.3, -0.25) is 9.59 Å². The lowest BCUT2D eigenvalue weighted by molar-refractivity contribution is -0.119. The monoisotopic (exact) mass is 654 g/mol. The maximum absolute atomic E-state index is 13.4. The highest BCUT2D eigenvalue weighted by molar-refractivity contribution is 8.04. The first-order valence-electron chi connectivity index (χ1n) is 14.3. The summed E-state index contributed by atoms with van der Waals surface area (Å²) in [6.45, 7) is 9.23. The minimum Gasteiger partial charge on any atom is -0.423 e. The fourth-order valence-corrected chi connectivity index (χ4v) is 8.78. The molecule has 2 unspecified atom stereocenters. The summed E-state index contributed by atoms with van der Waals surface area (Å²) in [4.78, 5) is 31.6. The highest BCUT2D eigenvalue weighted by atomic mass is 32.2. The number of thioether (sulfide) groups is 1. The van der Waals surface area contributed by atoms with Crippen molar-refractivity contribution < 1.29 is 22.4 Å². The zero-order chi connectivity index (χ0) is 31.4. The van der Waals surface area contributed by atoms with Crippen LogP contribution in [0.25, 0.3) is 21.3 Å². The Labute approximate surface area is 264 Å². The van der Waals surface area contributed by atoms with Gasteiger partial charge >= 0.3 is 0 Å². The van der Waals surface area contributed by atoms with Crippen LogP contribution in [0.3, 0.4) is 0 Å². The Morgan fingerprint density at radius 2 is 1.82 bits per heavy atom. The number of carbonyl (C=O) groups is 2. The number of aromatic nitrogens is 3. The third-order valence-electron chi connectivity index (χ3n) is 7.04. The van der Waals surface area contributed by atoms with Crippen molar-refractivity contribution in [3.63, 3.8) is 0 Å². The third kappa shape index (κ3) is 6.88. The van der Waals surface area contributed by atoms with E-state index < -0.39 is 20.3 Å². The molecule has 0 radical (unpaired) electrons. The summed E-state index contributed by atoms with van der Waals surface area (Å²) in [5.74, 6) is -0.461. The first kappa shape index (κ1) is 31.8. The fourth-order valence-electron chi connectivity index (χ4n) is 4.99. The van der Waals surface area contributed by atoms with Gasteiger partial charge in [-0.25, -0.2) is 13.4 Å². The molecule has 2 aromatic heterocycles. The maximum Gasteiger partial charge on any atom is 0.253 e. The standard InChI is InChI=1S/C30H34N6O5S3/c1-4-13-36(14-5-2)30(38)20-8-6-19(7-9-20)21-10-11-22-23(16-21)43-29(33-22)26(44(39,40)15-12-31)28-35-34-25(41-28)17-24-27(37)32-18(3)42-24/h6-11,16,24,26H,3-5,12-15,17,31H2,1-2H3,(H,32,37). The molecule has 2 amide bonds. The van der Waals surface area contributed by atoms with Gasteiger partial charge in [0.25, 0.3) is 5.91 Å². The summed E-state index contributed by atoms with van der Waals surface area (Å²) < 4.78 is 33.4. The number of thiazole rings is 1. The smallest absolute Gasteiger partial charge is 0.253 e. The lowest BCUT2D eigenvalue weighted by Crippen LogP contribution is -2.32. The fraction of sp³-hybridized carbons (Fsp3) is 0.367. The molecule has 4 aromatic rings.